The fourth-order valence-electron chi connectivity index (χ4n) is 2.25. The molecule has 4 atom stereocenters. The molecular formula is C16H29ClO7. The zero-order valence-corrected chi connectivity index (χ0v) is 15.1. The average molecular weight is 369 g/mol. The third-order valence-corrected chi connectivity index (χ3v) is 3.41. The SMILES string of the molecule is CC1(C)OC[C@@H]2OCC=C[C@H]2O1.CO.Cl.OC[C@@H]1OCC=C[C@H]1O. The average Bonchev–Trinajstić information content (AvgIpc) is 2.57. The van der Waals surface area contributed by atoms with E-state index in [2.05, 4.69) is 6.08 Å². The molecule has 0 amide bonds. The molecule has 0 spiro atoms. The Labute approximate surface area is 149 Å². The Morgan fingerprint density at radius 2 is 1.71 bits per heavy atom. The second-order valence-corrected chi connectivity index (χ2v) is 5.57. The summed E-state index contributed by atoms with van der Waals surface area (Å²) in [5.41, 5.74) is 0. The lowest BCUT2D eigenvalue weighted by molar-refractivity contribution is -0.300. The number of ether oxygens (including phenoxy) is 4. The maximum Gasteiger partial charge on any atom is 0.163 e. The summed E-state index contributed by atoms with van der Waals surface area (Å²) in [6.07, 6.45) is 6.51. The van der Waals surface area contributed by atoms with Crippen LogP contribution in [0.4, 0.5) is 0 Å². The van der Waals surface area contributed by atoms with Gasteiger partial charge in [-0.1, -0.05) is 24.3 Å². The first-order valence-corrected chi connectivity index (χ1v) is 7.64. The summed E-state index contributed by atoms with van der Waals surface area (Å²) in [7, 11) is 1.00. The van der Waals surface area contributed by atoms with E-state index in [9.17, 15) is 0 Å². The van der Waals surface area contributed by atoms with Gasteiger partial charge in [-0.25, -0.2) is 0 Å². The van der Waals surface area contributed by atoms with Gasteiger partial charge in [0.25, 0.3) is 0 Å². The fourth-order valence-corrected chi connectivity index (χ4v) is 2.25. The maximum atomic E-state index is 9.00. The molecule has 8 heteroatoms. The van der Waals surface area contributed by atoms with Crippen molar-refractivity contribution in [1.82, 2.24) is 0 Å². The molecule has 3 aliphatic heterocycles. The number of fused-ring (bicyclic) bond motifs is 1. The molecule has 24 heavy (non-hydrogen) atoms. The largest absolute Gasteiger partial charge is 0.400 e. The third kappa shape index (κ3) is 7.58. The van der Waals surface area contributed by atoms with E-state index in [1.807, 2.05) is 19.9 Å². The van der Waals surface area contributed by atoms with Crippen molar-refractivity contribution < 1.29 is 34.3 Å². The molecule has 142 valence electrons. The van der Waals surface area contributed by atoms with E-state index in [1.54, 1.807) is 12.2 Å². The van der Waals surface area contributed by atoms with E-state index in [0.717, 1.165) is 7.11 Å². The molecule has 7 nitrogen and oxygen atoms in total. The lowest BCUT2D eigenvalue weighted by Crippen LogP contribution is -2.50. The first-order valence-electron chi connectivity index (χ1n) is 7.64. The number of hydrogen-bond acceptors (Lipinski definition) is 7. The number of aliphatic hydroxyl groups is 3. The molecule has 0 unspecified atom stereocenters. The number of rotatable bonds is 1. The van der Waals surface area contributed by atoms with Crippen LogP contribution in [0.5, 0.6) is 0 Å². The van der Waals surface area contributed by atoms with Crippen LogP contribution in [0.1, 0.15) is 13.8 Å². The molecule has 0 aromatic carbocycles. The van der Waals surface area contributed by atoms with Crippen LogP contribution in [0.2, 0.25) is 0 Å². The van der Waals surface area contributed by atoms with Gasteiger partial charge in [-0.15, -0.1) is 12.4 Å². The summed E-state index contributed by atoms with van der Waals surface area (Å²) in [4.78, 5) is 0. The van der Waals surface area contributed by atoms with Crippen molar-refractivity contribution in [1.29, 1.82) is 0 Å². The summed E-state index contributed by atoms with van der Waals surface area (Å²) in [5, 5.41) is 24.5. The normalized spacial score (nSPS) is 32.9. The zero-order chi connectivity index (χ0) is 17.3. The molecule has 0 saturated carbocycles. The maximum absolute atomic E-state index is 9.00. The molecule has 3 N–H and O–H groups in total. The molecule has 3 aliphatic rings. The van der Waals surface area contributed by atoms with Crippen LogP contribution in [-0.2, 0) is 18.9 Å². The number of aliphatic hydroxyl groups excluding tert-OH is 3. The highest BCUT2D eigenvalue weighted by atomic mass is 35.5. The van der Waals surface area contributed by atoms with E-state index in [4.69, 9.17) is 34.3 Å². The standard InChI is InChI=1S/C9H14O3.C6H10O3.CH4O.ClH/c1-9(2)11-6-8-7(12-9)4-3-5-10-8;7-4-6-5(8)2-1-3-9-6;1-2;/h3-4,7-8H,5-6H2,1-2H3;1-2,5-8H,3-4H2;2H,1H3;1H/t7-,8+;5-,6+;;/m11../s1. The lowest BCUT2D eigenvalue weighted by atomic mass is 10.1. The Bertz CT molecular complexity index is 387. The van der Waals surface area contributed by atoms with Crippen LogP contribution in [0.15, 0.2) is 24.3 Å². The second-order valence-electron chi connectivity index (χ2n) is 5.57. The minimum atomic E-state index is -0.635. The summed E-state index contributed by atoms with van der Waals surface area (Å²) in [6.45, 7) is 5.52. The minimum absolute atomic E-state index is 0. The summed E-state index contributed by atoms with van der Waals surface area (Å²) < 4.78 is 21.5. The van der Waals surface area contributed by atoms with E-state index in [0.29, 0.717) is 19.8 Å². The van der Waals surface area contributed by atoms with Gasteiger partial charge in [-0.2, -0.15) is 0 Å². The monoisotopic (exact) mass is 368 g/mol. The van der Waals surface area contributed by atoms with E-state index in [1.165, 1.54) is 0 Å². The van der Waals surface area contributed by atoms with Crippen molar-refractivity contribution in [3.8, 4) is 0 Å². The lowest BCUT2D eigenvalue weighted by Gasteiger charge is -2.40. The third-order valence-electron chi connectivity index (χ3n) is 3.41. The van der Waals surface area contributed by atoms with Crippen LogP contribution in [0, 0.1) is 0 Å². The summed E-state index contributed by atoms with van der Waals surface area (Å²) >= 11 is 0. The first kappa shape index (κ1) is 23.5. The highest BCUT2D eigenvalue weighted by Crippen LogP contribution is 2.26. The molecule has 3 heterocycles. The molecule has 0 aromatic heterocycles. The van der Waals surface area contributed by atoms with Crippen LogP contribution >= 0.6 is 12.4 Å². The predicted octanol–water partition coefficient (Wildman–Crippen LogP) is 0.418. The minimum Gasteiger partial charge on any atom is -0.400 e. The van der Waals surface area contributed by atoms with Crippen LogP contribution in [0.25, 0.3) is 0 Å². The number of halogens is 1. The van der Waals surface area contributed by atoms with Crippen molar-refractivity contribution in [2.24, 2.45) is 0 Å². The van der Waals surface area contributed by atoms with Gasteiger partial charge in [0, 0.05) is 7.11 Å². The topological polar surface area (TPSA) is 97.6 Å². The quantitative estimate of drug-likeness (QED) is 0.577. The van der Waals surface area contributed by atoms with Gasteiger partial charge < -0.3 is 34.3 Å². The fraction of sp³-hybridized carbons (Fsp3) is 0.750. The molecule has 0 aromatic rings. The summed E-state index contributed by atoms with van der Waals surface area (Å²) in [5.74, 6) is -0.466. The van der Waals surface area contributed by atoms with Crippen LogP contribution in [-0.4, -0.2) is 79.1 Å². The first-order chi connectivity index (χ1) is 11.0. The highest BCUT2D eigenvalue weighted by molar-refractivity contribution is 5.85. The van der Waals surface area contributed by atoms with E-state index < -0.39 is 18.0 Å². The summed E-state index contributed by atoms with van der Waals surface area (Å²) in [6, 6.07) is 0. The molecule has 1 fully saturated rings. The van der Waals surface area contributed by atoms with Crippen molar-refractivity contribution >= 4 is 12.4 Å². The second kappa shape index (κ2) is 11.9. The van der Waals surface area contributed by atoms with E-state index in [-0.39, 0.29) is 31.2 Å². The van der Waals surface area contributed by atoms with Gasteiger partial charge in [0.05, 0.1) is 26.4 Å². The molecule has 0 radical (unpaired) electrons. The van der Waals surface area contributed by atoms with Crippen molar-refractivity contribution in [3.63, 3.8) is 0 Å². The number of hydrogen-bond donors (Lipinski definition) is 3. The van der Waals surface area contributed by atoms with Crippen molar-refractivity contribution in [3.05, 3.63) is 24.3 Å². The van der Waals surface area contributed by atoms with Gasteiger partial charge in [-0.05, 0) is 13.8 Å². The predicted molar refractivity (Wildman–Crippen MR) is 91.1 cm³/mol. The van der Waals surface area contributed by atoms with Gasteiger partial charge in [0.15, 0.2) is 5.79 Å². The van der Waals surface area contributed by atoms with Crippen molar-refractivity contribution in [2.75, 3.05) is 33.5 Å². The van der Waals surface area contributed by atoms with Gasteiger partial charge in [-0.3, -0.25) is 0 Å². The van der Waals surface area contributed by atoms with Crippen LogP contribution in [0.3, 0.4) is 0 Å². The van der Waals surface area contributed by atoms with Crippen molar-refractivity contribution in [2.45, 2.75) is 44.1 Å². The van der Waals surface area contributed by atoms with Gasteiger partial charge >= 0.3 is 0 Å². The van der Waals surface area contributed by atoms with Gasteiger partial charge in [0.2, 0.25) is 0 Å². The molecule has 1 saturated heterocycles. The molecule has 0 aliphatic carbocycles. The molecular weight excluding hydrogens is 340 g/mol. The van der Waals surface area contributed by atoms with Gasteiger partial charge in [0.1, 0.15) is 24.4 Å². The Morgan fingerprint density at radius 1 is 1.08 bits per heavy atom. The molecule has 0 bridgehead atoms. The molecule has 3 rings (SSSR count). The Balaban J connectivity index is 0.000000398. The van der Waals surface area contributed by atoms with Crippen LogP contribution < -0.4 is 0 Å². The highest BCUT2D eigenvalue weighted by Gasteiger charge is 2.36. The Kier molecular flexibility index (Phi) is 11.7. The zero-order valence-electron chi connectivity index (χ0n) is 14.3. The van der Waals surface area contributed by atoms with E-state index >= 15 is 0 Å². The smallest absolute Gasteiger partial charge is 0.163 e. The Hall–Kier alpha value is -0.510. The Morgan fingerprint density at radius 3 is 2.29 bits per heavy atom.